The van der Waals surface area contributed by atoms with Gasteiger partial charge in [-0.3, -0.25) is 10.1 Å². The van der Waals surface area contributed by atoms with Gasteiger partial charge in [0.15, 0.2) is 0 Å². The highest BCUT2D eigenvalue weighted by atomic mass is 35.5. The summed E-state index contributed by atoms with van der Waals surface area (Å²) in [7, 11) is -3.62. The number of amides is 1. The molecule has 0 bridgehead atoms. The predicted molar refractivity (Wildman–Crippen MR) is 123 cm³/mol. The minimum Gasteiger partial charge on any atom is -0.421 e. The maximum Gasteiger partial charge on any atom is 0.343 e. The fourth-order valence-corrected chi connectivity index (χ4v) is 4.18. The number of nitriles is 1. The molecule has 0 saturated carbocycles. The summed E-state index contributed by atoms with van der Waals surface area (Å²) in [5.74, 6) is -1.27. The molecule has 1 amide bonds. The lowest BCUT2D eigenvalue weighted by Crippen LogP contribution is -2.13. The summed E-state index contributed by atoms with van der Waals surface area (Å²) in [4.78, 5) is 28.4. The van der Waals surface area contributed by atoms with E-state index in [4.69, 9.17) is 16.3 Å². The number of halogens is 1. The lowest BCUT2D eigenvalue weighted by molar-refractivity contribution is -0.112. The minimum absolute atomic E-state index is 0.0713. The summed E-state index contributed by atoms with van der Waals surface area (Å²) in [5, 5.41) is 11.3. The van der Waals surface area contributed by atoms with Crippen molar-refractivity contribution in [3.8, 4) is 11.8 Å². The van der Waals surface area contributed by atoms with Gasteiger partial charge in [0, 0.05) is 17.8 Å². The standard InChI is InChI=1S/C21H15ClN4O5S2/c1-12-4-3-5-14(8-12)19(28)31-17-7-6-13(10-16(17)22)9-15(11-23)18(27)24-20-25-21(26-32-20)33(2,29)30/h3-10H,1-2H3,(H,24,25,26,27)/b15-9-. The number of sulfone groups is 1. The van der Waals surface area contributed by atoms with Crippen molar-refractivity contribution < 1.29 is 22.7 Å². The average Bonchev–Trinajstić information content (AvgIpc) is 3.22. The number of aromatic nitrogens is 2. The predicted octanol–water partition coefficient (Wildman–Crippen LogP) is 3.67. The molecule has 3 rings (SSSR count). The molecule has 0 aliphatic rings. The smallest absolute Gasteiger partial charge is 0.343 e. The van der Waals surface area contributed by atoms with E-state index in [0.717, 1.165) is 11.8 Å². The van der Waals surface area contributed by atoms with Crippen LogP contribution in [0, 0.1) is 18.3 Å². The molecule has 1 N–H and O–H groups in total. The first-order chi connectivity index (χ1) is 15.6. The summed E-state index contributed by atoms with van der Waals surface area (Å²) in [5.41, 5.74) is 1.39. The number of carbonyl (C=O) groups excluding carboxylic acids is 2. The molecule has 0 aliphatic carbocycles. The van der Waals surface area contributed by atoms with E-state index < -0.39 is 26.9 Å². The van der Waals surface area contributed by atoms with Crippen LogP contribution in [-0.4, -0.2) is 35.9 Å². The number of rotatable bonds is 6. The van der Waals surface area contributed by atoms with E-state index in [1.165, 1.54) is 24.3 Å². The number of anilines is 1. The maximum atomic E-state index is 12.4. The van der Waals surface area contributed by atoms with Crippen molar-refractivity contribution in [2.24, 2.45) is 0 Å². The third kappa shape index (κ3) is 6.23. The van der Waals surface area contributed by atoms with Gasteiger partial charge in [-0.2, -0.15) is 14.6 Å². The fourth-order valence-electron chi connectivity index (χ4n) is 2.51. The van der Waals surface area contributed by atoms with Crippen LogP contribution in [0.25, 0.3) is 6.08 Å². The Morgan fingerprint density at radius 1 is 1.24 bits per heavy atom. The third-order valence-corrected chi connectivity index (χ3v) is 5.94. The molecule has 168 valence electrons. The average molecular weight is 503 g/mol. The zero-order valence-corrected chi connectivity index (χ0v) is 19.6. The fraction of sp³-hybridized carbons (Fsp3) is 0.0952. The number of carbonyl (C=O) groups is 2. The summed E-state index contributed by atoms with van der Waals surface area (Å²) in [6.07, 6.45) is 2.21. The Morgan fingerprint density at radius 2 is 2.00 bits per heavy atom. The van der Waals surface area contributed by atoms with Gasteiger partial charge < -0.3 is 4.74 Å². The van der Waals surface area contributed by atoms with E-state index in [-0.39, 0.29) is 21.5 Å². The normalized spacial score (nSPS) is 11.5. The highest BCUT2D eigenvalue weighted by Crippen LogP contribution is 2.27. The summed E-state index contributed by atoms with van der Waals surface area (Å²) in [6, 6.07) is 13.0. The first-order valence-corrected chi connectivity index (χ1v) is 12.2. The van der Waals surface area contributed by atoms with Crippen LogP contribution in [0.3, 0.4) is 0 Å². The van der Waals surface area contributed by atoms with Crippen LogP contribution in [0.5, 0.6) is 5.75 Å². The number of hydrogen-bond donors (Lipinski definition) is 1. The molecule has 0 unspecified atom stereocenters. The molecule has 0 atom stereocenters. The summed E-state index contributed by atoms with van der Waals surface area (Å²) < 4.78 is 31.9. The van der Waals surface area contributed by atoms with Crippen LogP contribution in [0.4, 0.5) is 5.13 Å². The molecule has 1 heterocycles. The van der Waals surface area contributed by atoms with Gasteiger partial charge in [0.25, 0.3) is 11.1 Å². The largest absolute Gasteiger partial charge is 0.421 e. The SMILES string of the molecule is Cc1cccc(C(=O)Oc2ccc(/C=C(/C#N)C(=O)Nc3nc(S(C)(=O)=O)ns3)cc2Cl)c1. The zero-order valence-electron chi connectivity index (χ0n) is 17.2. The molecule has 2 aromatic carbocycles. The monoisotopic (exact) mass is 502 g/mol. The second-order valence-corrected chi connectivity index (χ2v) is 9.80. The molecule has 0 spiro atoms. The van der Waals surface area contributed by atoms with Crippen molar-refractivity contribution >= 4 is 56.1 Å². The molecule has 0 radical (unpaired) electrons. The molecule has 12 heteroatoms. The van der Waals surface area contributed by atoms with E-state index in [1.54, 1.807) is 24.3 Å². The van der Waals surface area contributed by atoms with Gasteiger partial charge >= 0.3 is 5.97 Å². The Morgan fingerprint density at radius 3 is 2.61 bits per heavy atom. The number of nitrogens with one attached hydrogen (secondary N) is 1. The van der Waals surface area contributed by atoms with E-state index in [2.05, 4.69) is 14.7 Å². The van der Waals surface area contributed by atoms with Crippen LogP contribution in [0.1, 0.15) is 21.5 Å². The van der Waals surface area contributed by atoms with Crippen LogP contribution in [-0.2, 0) is 14.6 Å². The quantitative estimate of drug-likeness (QED) is 0.233. The molecule has 33 heavy (non-hydrogen) atoms. The minimum atomic E-state index is -3.62. The van der Waals surface area contributed by atoms with E-state index in [0.29, 0.717) is 22.7 Å². The number of ether oxygens (including phenoxy) is 1. The Bertz CT molecular complexity index is 1420. The van der Waals surface area contributed by atoms with Gasteiger partial charge in [-0.05, 0) is 42.8 Å². The van der Waals surface area contributed by atoms with Gasteiger partial charge in [-0.1, -0.05) is 35.4 Å². The van der Waals surface area contributed by atoms with Gasteiger partial charge in [0.2, 0.25) is 15.0 Å². The second kappa shape index (κ2) is 9.91. The van der Waals surface area contributed by atoms with Gasteiger partial charge in [-0.25, -0.2) is 13.2 Å². The molecule has 1 aromatic heterocycles. The molecule has 0 saturated heterocycles. The van der Waals surface area contributed by atoms with Crippen LogP contribution in [0.15, 0.2) is 53.2 Å². The third-order valence-electron chi connectivity index (χ3n) is 4.05. The number of nitrogens with zero attached hydrogens (tertiary/aromatic N) is 3. The number of benzene rings is 2. The zero-order chi connectivity index (χ0) is 24.2. The van der Waals surface area contributed by atoms with E-state index >= 15 is 0 Å². The van der Waals surface area contributed by atoms with E-state index in [1.807, 2.05) is 13.0 Å². The Kier molecular flexibility index (Phi) is 7.23. The number of esters is 1. The highest BCUT2D eigenvalue weighted by Gasteiger charge is 2.18. The molecule has 9 nitrogen and oxygen atoms in total. The van der Waals surface area contributed by atoms with Crippen molar-refractivity contribution in [2.45, 2.75) is 12.1 Å². The van der Waals surface area contributed by atoms with Crippen molar-refractivity contribution in [1.29, 1.82) is 5.26 Å². The maximum absolute atomic E-state index is 12.4. The second-order valence-electron chi connectivity index (χ2n) is 6.73. The highest BCUT2D eigenvalue weighted by molar-refractivity contribution is 7.90. The van der Waals surface area contributed by atoms with Gasteiger partial charge in [-0.15, -0.1) is 0 Å². The Hall–Kier alpha value is -3.59. The molecular weight excluding hydrogens is 488 g/mol. The van der Waals surface area contributed by atoms with Crippen molar-refractivity contribution in [3.63, 3.8) is 0 Å². The number of aryl methyl sites for hydroxylation is 1. The van der Waals surface area contributed by atoms with Crippen LogP contribution < -0.4 is 10.1 Å². The van der Waals surface area contributed by atoms with E-state index in [9.17, 15) is 23.3 Å². The van der Waals surface area contributed by atoms with Gasteiger partial charge in [0.1, 0.15) is 17.4 Å². The molecule has 0 aliphatic heterocycles. The van der Waals surface area contributed by atoms with Crippen LogP contribution >= 0.6 is 23.1 Å². The topological polar surface area (TPSA) is 139 Å². The lowest BCUT2D eigenvalue weighted by Gasteiger charge is -2.08. The van der Waals surface area contributed by atoms with Crippen molar-refractivity contribution in [2.75, 3.05) is 11.6 Å². The number of hydrogen-bond acceptors (Lipinski definition) is 9. The molecule has 3 aromatic rings. The van der Waals surface area contributed by atoms with Crippen LogP contribution in [0.2, 0.25) is 5.02 Å². The van der Waals surface area contributed by atoms with Crippen molar-refractivity contribution in [3.05, 3.63) is 69.8 Å². The Balaban J connectivity index is 1.75. The lowest BCUT2D eigenvalue weighted by atomic mass is 10.1. The summed E-state index contributed by atoms with van der Waals surface area (Å²) in [6.45, 7) is 1.85. The molecular formula is C21H15ClN4O5S2. The molecule has 0 fully saturated rings. The van der Waals surface area contributed by atoms with Gasteiger partial charge in [0.05, 0.1) is 10.6 Å². The first kappa shape index (κ1) is 24.1. The Labute approximate surface area is 198 Å². The first-order valence-electron chi connectivity index (χ1n) is 9.12. The van der Waals surface area contributed by atoms with Crippen molar-refractivity contribution in [1.82, 2.24) is 9.36 Å². The summed E-state index contributed by atoms with van der Waals surface area (Å²) >= 11 is 6.88.